The van der Waals surface area contributed by atoms with E-state index in [0.29, 0.717) is 11.5 Å². The van der Waals surface area contributed by atoms with Crippen LogP contribution in [-0.2, 0) is 31.9 Å². The van der Waals surface area contributed by atoms with Gasteiger partial charge in [-0.15, -0.1) is 42.0 Å². The molecule has 0 saturated heterocycles. The van der Waals surface area contributed by atoms with Crippen LogP contribution in [0, 0.1) is 18.8 Å². The van der Waals surface area contributed by atoms with Gasteiger partial charge in [0.1, 0.15) is 5.82 Å². The number of pyridine rings is 1. The molecule has 15 rings (SSSR count). The zero-order chi connectivity index (χ0) is 54.9. The van der Waals surface area contributed by atoms with Crippen molar-refractivity contribution in [2.45, 2.75) is 31.6 Å². The third kappa shape index (κ3) is 8.60. The molecule has 0 amide bonds. The number of ether oxygens (including phenoxy) is 1. The Morgan fingerprint density at radius 3 is 1.63 bits per heavy atom. The van der Waals surface area contributed by atoms with Crippen LogP contribution in [0.5, 0.6) is 11.5 Å². The molecule has 0 fully saturated rings. The largest absolute Gasteiger partial charge is 0.509 e. The fourth-order valence-corrected chi connectivity index (χ4v) is 12.8. The van der Waals surface area contributed by atoms with Crippen molar-refractivity contribution in [3.05, 3.63) is 320 Å². The monoisotopic (exact) mass is 1250 g/mol. The van der Waals surface area contributed by atoms with Gasteiger partial charge in [0.05, 0.1) is 5.41 Å². The molecule has 5 nitrogen and oxygen atoms in total. The van der Waals surface area contributed by atoms with E-state index in [9.17, 15) is 0 Å². The van der Waals surface area contributed by atoms with Gasteiger partial charge in [0.25, 0.3) is 0 Å². The minimum Gasteiger partial charge on any atom is -0.509 e. The number of anilines is 4. The molecule has 0 bridgehead atoms. The summed E-state index contributed by atoms with van der Waals surface area (Å²) in [4.78, 5) is 9.82. The zero-order valence-electron chi connectivity index (χ0n) is 46.1. The number of hydrogen-bond acceptors (Lipinski definition) is 4. The summed E-state index contributed by atoms with van der Waals surface area (Å²) in [7, 11) is 0. The van der Waals surface area contributed by atoms with Crippen LogP contribution in [0.3, 0.4) is 0 Å². The maximum absolute atomic E-state index is 7.22. The molecular weight excluding hydrogens is 1190 g/mol. The van der Waals surface area contributed by atoms with Crippen molar-refractivity contribution in [3.63, 3.8) is 0 Å². The Morgan fingerprint density at radius 2 is 1.00 bits per heavy atom. The Hall–Kier alpha value is -9.54. The van der Waals surface area contributed by atoms with E-state index < -0.39 is 5.41 Å². The van der Waals surface area contributed by atoms with E-state index in [0.717, 1.165) is 89.3 Å². The first-order chi connectivity index (χ1) is 40.3. The van der Waals surface area contributed by atoms with Gasteiger partial charge in [0, 0.05) is 72.5 Å². The number of fused-ring (bicyclic) bond motifs is 7. The van der Waals surface area contributed by atoms with Gasteiger partial charge >= 0.3 is 0 Å². The maximum atomic E-state index is 7.22. The predicted molar refractivity (Wildman–Crippen MR) is 337 cm³/mol. The Morgan fingerprint density at radius 1 is 0.458 bits per heavy atom. The normalized spacial score (nSPS) is 13.1. The van der Waals surface area contributed by atoms with Crippen molar-refractivity contribution in [2.75, 3.05) is 9.80 Å². The fraction of sp³-hybridized carbons (Fsp3) is 0.0649. The first-order valence-corrected chi connectivity index (χ1v) is 28.1. The number of rotatable bonds is 10. The molecule has 0 atom stereocenters. The van der Waals surface area contributed by atoms with Crippen LogP contribution in [0.2, 0.25) is 0 Å². The van der Waals surface area contributed by atoms with E-state index in [4.69, 9.17) is 9.72 Å². The predicted octanol–water partition coefficient (Wildman–Crippen LogP) is 19.6. The average molecular weight is 1250 g/mol. The zero-order valence-corrected chi connectivity index (χ0v) is 48.3. The summed E-state index contributed by atoms with van der Waals surface area (Å²) in [6.45, 7) is 9.09. The molecule has 0 saturated carbocycles. The van der Waals surface area contributed by atoms with Crippen molar-refractivity contribution < 1.29 is 25.8 Å². The molecule has 3 heterocycles. The summed E-state index contributed by atoms with van der Waals surface area (Å²) in [6, 6.07) is 103. The maximum Gasteiger partial charge on any atom is 0.135 e. The summed E-state index contributed by atoms with van der Waals surface area (Å²) in [5.74, 6) is 1.93. The Balaban J connectivity index is 0.00000614. The van der Waals surface area contributed by atoms with Gasteiger partial charge in [0.15, 0.2) is 0 Å². The second kappa shape index (κ2) is 20.8. The number of hydrogen-bond donors (Lipinski definition) is 0. The first-order valence-electron chi connectivity index (χ1n) is 28.1. The van der Waals surface area contributed by atoms with E-state index in [1.807, 2.05) is 12.3 Å². The molecular formula is C77H55N4OPt-3. The van der Waals surface area contributed by atoms with Crippen LogP contribution in [0.1, 0.15) is 48.6 Å². The van der Waals surface area contributed by atoms with Gasteiger partial charge in [-0.3, -0.25) is 0 Å². The van der Waals surface area contributed by atoms with Gasteiger partial charge in [-0.05, 0) is 103 Å². The van der Waals surface area contributed by atoms with Gasteiger partial charge in [-0.1, -0.05) is 238 Å². The molecule has 0 N–H and O–H groups in total. The summed E-state index contributed by atoms with van der Waals surface area (Å²) >= 11 is 0. The first kappa shape index (κ1) is 51.6. The Kier molecular flexibility index (Phi) is 12.9. The number of nitrogens with zero attached hydrogens (tertiary/aromatic N) is 4. The molecule has 13 aromatic rings. The van der Waals surface area contributed by atoms with E-state index in [1.165, 1.54) is 33.4 Å². The van der Waals surface area contributed by atoms with Gasteiger partial charge in [0.2, 0.25) is 0 Å². The van der Waals surface area contributed by atoms with Crippen molar-refractivity contribution in [1.29, 1.82) is 0 Å². The average Bonchev–Trinajstić information content (AvgIpc) is 3.56. The molecule has 1 aliphatic heterocycles. The second-order valence-electron chi connectivity index (χ2n) is 22.4. The Bertz CT molecular complexity index is 4460. The van der Waals surface area contributed by atoms with E-state index in [-0.39, 0.29) is 26.5 Å². The van der Waals surface area contributed by atoms with Crippen molar-refractivity contribution >= 4 is 44.6 Å². The second-order valence-corrected chi connectivity index (χ2v) is 22.4. The molecule has 0 spiro atoms. The van der Waals surface area contributed by atoms with Crippen LogP contribution in [0.25, 0.3) is 72.1 Å². The summed E-state index contributed by atoms with van der Waals surface area (Å²) in [6.07, 6.45) is 1.97. The molecule has 1 aliphatic carbocycles. The molecule has 2 aromatic heterocycles. The van der Waals surface area contributed by atoms with E-state index >= 15 is 0 Å². The summed E-state index contributed by atoms with van der Waals surface area (Å²) < 4.78 is 9.47. The van der Waals surface area contributed by atoms with Crippen LogP contribution in [0.15, 0.2) is 273 Å². The number of aromatic nitrogens is 2. The van der Waals surface area contributed by atoms with E-state index in [2.05, 4.69) is 315 Å². The van der Waals surface area contributed by atoms with Crippen molar-refractivity contribution in [2.24, 2.45) is 0 Å². The standard InChI is InChI=1S/C77H55N4O.Pt/c1-76(2,3)57-45-64(53-27-10-5-11-28-53)75(65(46-57)54-29-12-6-13-30-54)80-51-79(70-41-22-23-42-71(70)80)58-33-24-34-59(48-58)82-73-50-72-66(49-63(73)52-25-8-4-9-26-52)62-37-18-21-40-69(62)81(72)74-47-56(43-44-78-74)77(55-31-14-7-15-32-55)67-38-19-16-35-60(67)61-36-17-20-39-68(61)77;/h4-47,49,51H,1-3H3;/q-3;. The van der Waals surface area contributed by atoms with E-state index in [1.54, 1.807) is 0 Å². The van der Waals surface area contributed by atoms with Crippen molar-refractivity contribution in [3.8, 4) is 61.8 Å². The molecule has 402 valence electrons. The third-order valence-electron chi connectivity index (χ3n) is 16.6. The smallest absolute Gasteiger partial charge is 0.135 e. The number of benzene rings is 11. The van der Waals surface area contributed by atoms with Crippen LogP contribution in [-0.4, -0.2) is 9.55 Å². The third-order valence-corrected chi connectivity index (χ3v) is 16.6. The van der Waals surface area contributed by atoms with Crippen molar-refractivity contribution in [1.82, 2.24) is 9.55 Å². The molecule has 11 aromatic carbocycles. The van der Waals surface area contributed by atoms with Gasteiger partial charge in [-0.25, -0.2) is 4.98 Å². The molecule has 2 aliphatic rings. The summed E-state index contributed by atoms with van der Waals surface area (Å²) in [5.41, 5.74) is 20.4. The van der Waals surface area contributed by atoms with Crippen LogP contribution in [0.4, 0.5) is 22.7 Å². The number of para-hydroxylation sites is 3. The molecule has 0 radical (unpaired) electrons. The summed E-state index contributed by atoms with van der Waals surface area (Å²) in [5, 5.41) is 2.14. The quantitative estimate of drug-likeness (QED) is 0.128. The minimum atomic E-state index is -0.597. The molecule has 83 heavy (non-hydrogen) atoms. The topological polar surface area (TPSA) is 33.5 Å². The van der Waals surface area contributed by atoms with Gasteiger partial charge in [-0.2, -0.15) is 12.1 Å². The molecule has 6 heteroatoms. The molecule has 0 unspecified atom stereocenters. The van der Waals surface area contributed by atoms with Crippen LogP contribution >= 0.6 is 0 Å². The SMILES string of the molecule is CC(C)(C)c1cc(-c2ccccc2)c(N2[CH-]N(c3[c-]c(Oc4[c-]c5c(cc4-c4ccccc4)c4ccccc4n5-c4cc(C5(c6ccccc6)c6ccccc6-c6ccccc65)ccn4)ccc3)c3ccccc32)c(-c2ccccc2)c1.[Pt]. The van der Waals surface area contributed by atoms with Crippen LogP contribution < -0.4 is 14.5 Å². The fourth-order valence-electron chi connectivity index (χ4n) is 12.8. The van der Waals surface area contributed by atoms with Gasteiger partial charge < -0.3 is 19.1 Å². The minimum absolute atomic E-state index is 0. The Labute approximate surface area is 499 Å².